The highest BCUT2D eigenvalue weighted by Gasteiger charge is 2.23. The topological polar surface area (TPSA) is 35.6 Å². The zero-order valence-corrected chi connectivity index (χ0v) is 10.8. The van der Waals surface area contributed by atoms with E-state index in [-0.39, 0.29) is 0 Å². The lowest BCUT2D eigenvalue weighted by Crippen LogP contribution is -2.49. The SMILES string of the molecule is CN1CCN(C(=O)CC2CSCCN2)CC1. The fourth-order valence-electron chi connectivity index (χ4n) is 2.15. The van der Waals surface area contributed by atoms with Gasteiger partial charge in [0, 0.05) is 56.7 Å². The maximum atomic E-state index is 12.0. The van der Waals surface area contributed by atoms with Crippen molar-refractivity contribution in [2.45, 2.75) is 12.5 Å². The van der Waals surface area contributed by atoms with Crippen LogP contribution >= 0.6 is 11.8 Å². The van der Waals surface area contributed by atoms with E-state index in [1.165, 1.54) is 5.75 Å². The van der Waals surface area contributed by atoms with Gasteiger partial charge in [-0.1, -0.05) is 0 Å². The highest BCUT2D eigenvalue weighted by molar-refractivity contribution is 7.99. The zero-order valence-electron chi connectivity index (χ0n) is 9.95. The van der Waals surface area contributed by atoms with Gasteiger partial charge >= 0.3 is 0 Å². The van der Waals surface area contributed by atoms with E-state index >= 15 is 0 Å². The molecule has 2 rings (SSSR count). The molecule has 2 saturated heterocycles. The van der Waals surface area contributed by atoms with Crippen LogP contribution in [0, 0.1) is 0 Å². The Hall–Kier alpha value is -0.260. The predicted octanol–water partition coefficient (Wildman–Crippen LogP) is -0.144. The molecule has 0 aromatic carbocycles. The smallest absolute Gasteiger partial charge is 0.224 e. The van der Waals surface area contributed by atoms with Crippen molar-refractivity contribution >= 4 is 17.7 Å². The monoisotopic (exact) mass is 243 g/mol. The van der Waals surface area contributed by atoms with Crippen molar-refractivity contribution in [3.8, 4) is 0 Å². The first-order valence-corrected chi connectivity index (χ1v) is 7.18. The minimum atomic E-state index is 0.327. The number of nitrogens with zero attached hydrogens (tertiary/aromatic N) is 2. The van der Waals surface area contributed by atoms with Gasteiger partial charge in [-0.2, -0.15) is 11.8 Å². The fourth-order valence-corrected chi connectivity index (χ4v) is 3.10. The number of piperazine rings is 1. The van der Waals surface area contributed by atoms with Crippen molar-refractivity contribution in [3.63, 3.8) is 0 Å². The molecule has 0 radical (unpaired) electrons. The summed E-state index contributed by atoms with van der Waals surface area (Å²) in [6.45, 7) is 4.87. The normalized spacial score (nSPS) is 28.1. The second kappa shape index (κ2) is 5.89. The van der Waals surface area contributed by atoms with Gasteiger partial charge in [0.05, 0.1) is 0 Å². The number of nitrogens with one attached hydrogen (secondary N) is 1. The van der Waals surface area contributed by atoms with Crippen LogP contribution in [0.1, 0.15) is 6.42 Å². The third kappa shape index (κ3) is 3.37. The Labute approximate surface area is 102 Å². The minimum Gasteiger partial charge on any atom is -0.340 e. The molecule has 2 aliphatic rings. The summed E-state index contributed by atoms with van der Waals surface area (Å²) in [5, 5.41) is 3.42. The Bertz CT molecular complexity index is 235. The van der Waals surface area contributed by atoms with E-state index < -0.39 is 0 Å². The number of amides is 1. The van der Waals surface area contributed by atoms with Gasteiger partial charge < -0.3 is 15.1 Å². The Morgan fingerprint density at radius 2 is 2.12 bits per heavy atom. The second-order valence-electron chi connectivity index (χ2n) is 4.61. The van der Waals surface area contributed by atoms with Gasteiger partial charge in [-0.15, -0.1) is 0 Å². The minimum absolute atomic E-state index is 0.327. The summed E-state index contributed by atoms with van der Waals surface area (Å²) in [5.41, 5.74) is 0. The summed E-state index contributed by atoms with van der Waals surface area (Å²) in [7, 11) is 2.11. The molecule has 0 aliphatic carbocycles. The quantitative estimate of drug-likeness (QED) is 0.732. The molecule has 1 N–H and O–H groups in total. The molecule has 0 aromatic rings. The van der Waals surface area contributed by atoms with Gasteiger partial charge in [-0.3, -0.25) is 4.79 Å². The number of likely N-dealkylation sites (N-methyl/N-ethyl adjacent to an activating group) is 1. The van der Waals surface area contributed by atoms with Crippen molar-refractivity contribution in [2.75, 3.05) is 51.3 Å². The molecule has 5 heteroatoms. The van der Waals surface area contributed by atoms with Gasteiger partial charge in [-0.05, 0) is 7.05 Å². The van der Waals surface area contributed by atoms with E-state index in [1.807, 2.05) is 16.7 Å². The molecule has 1 unspecified atom stereocenters. The first kappa shape index (κ1) is 12.2. The first-order chi connectivity index (χ1) is 7.75. The zero-order chi connectivity index (χ0) is 11.4. The molecule has 4 nitrogen and oxygen atoms in total. The molecule has 1 atom stereocenters. The van der Waals surface area contributed by atoms with Crippen LogP contribution in [-0.2, 0) is 4.79 Å². The molecule has 0 spiro atoms. The van der Waals surface area contributed by atoms with Crippen molar-refractivity contribution in [3.05, 3.63) is 0 Å². The van der Waals surface area contributed by atoms with Gasteiger partial charge in [0.1, 0.15) is 0 Å². The fraction of sp³-hybridized carbons (Fsp3) is 0.909. The van der Waals surface area contributed by atoms with Gasteiger partial charge in [0.15, 0.2) is 0 Å². The summed E-state index contributed by atoms with van der Waals surface area (Å²) < 4.78 is 0. The number of hydrogen-bond acceptors (Lipinski definition) is 4. The van der Waals surface area contributed by atoms with Crippen LogP contribution in [0.3, 0.4) is 0 Å². The summed E-state index contributed by atoms with van der Waals surface area (Å²) in [4.78, 5) is 16.3. The Kier molecular flexibility index (Phi) is 4.49. The summed E-state index contributed by atoms with van der Waals surface area (Å²) >= 11 is 1.95. The van der Waals surface area contributed by atoms with Crippen LogP contribution in [0.5, 0.6) is 0 Å². The molecule has 2 fully saturated rings. The van der Waals surface area contributed by atoms with Gasteiger partial charge in [-0.25, -0.2) is 0 Å². The average Bonchev–Trinajstić information content (AvgIpc) is 2.31. The van der Waals surface area contributed by atoms with Crippen LogP contribution in [0.15, 0.2) is 0 Å². The largest absolute Gasteiger partial charge is 0.340 e. The highest BCUT2D eigenvalue weighted by atomic mass is 32.2. The molecule has 2 heterocycles. The van der Waals surface area contributed by atoms with Crippen LogP contribution in [0.4, 0.5) is 0 Å². The molecule has 1 amide bonds. The lowest BCUT2D eigenvalue weighted by atomic mass is 10.2. The number of hydrogen-bond donors (Lipinski definition) is 1. The standard InChI is InChI=1S/C11H21N3OS/c1-13-3-5-14(6-4-13)11(15)8-10-9-16-7-2-12-10/h10,12H,2-9H2,1H3. The molecule has 16 heavy (non-hydrogen) atoms. The van der Waals surface area contributed by atoms with Crippen molar-refractivity contribution in [1.82, 2.24) is 15.1 Å². The van der Waals surface area contributed by atoms with Crippen LogP contribution in [0.25, 0.3) is 0 Å². The molecule has 2 aliphatic heterocycles. The van der Waals surface area contributed by atoms with Crippen molar-refractivity contribution < 1.29 is 4.79 Å². The third-order valence-electron chi connectivity index (χ3n) is 3.28. The highest BCUT2D eigenvalue weighted by Crippen LogP contribution is 2.12. The average molecular weight is 243 g/mol. The van der Waals surface area contributed by atoms with E-state index in [4.69, 9.17) is 0 Å². The van der Waals surface area contributed by atoms with Crippen LogP contribution in [-0.4, -0.2) is 73.0 Å². The molecular weight excluding hydrogens is 222 g/mol. The number of thioether (sulfide) groups is 1. The predicted molar refractivity (Wildman–Crippen MR) is 67.8 cm³/mol. The Balaban J connectivity index is 1.74. The second-order valence-corrected chi connectivity index (χ2v) is 5.76. The molecule has 0 bridgehead atoms. The summed E-state index contributed by atoms with van der Waals surface area (Å²) in [6.07, 6.45) is 0.677. The third-order valence-corrected chi connectivity index (χ3v) is 4.41. The Morgan fingerprint density at radius 3 is 2.75 bits per heavy atom. The van der Waals surface area contributed by atoms with E-state index in [2.05, 4.69) is 17.3 Å². The molecule has 92 valence electrons. The van der Waals surface area contributed by atoms with E-state index in [0.29, 0.717) is 18.4 Å². The number of carbonyl (C=O) groups excluding carboxylic acids is 1. The van der Waals surface area contributed by atoms with Crippen LogP contribution < -0.4 is 5.32 Å². The number of rotatable bonds is 2. The van der Waals surface area contributed by atoms with Gasteiger partial charge in [0.2, 0.25) is 5.91 Å². The molecule has 0 saturated carbocycles. The summed E-state index contributed by atoms with van der Waals surface area (Å²) in [5.74, 6) is 2.59. The lowest BCUT2D eigenvalue weighted by molar-refractivity contribution is -0.133. The van der Waals surface area contributed by atoms with E-state index in [1.54, 1.807) is 0 Å². The summed E-state index contributed by atoms with van der Waals surface area (Å²) in [6, 6.07) is 0.394. The van der Waals surface area contributed by atoms with Gasteiger partial charge in [0.25, 0.3) is 0 Å². The van der Waals surface area contributed by atoms with Crippen LogP contribution in [0.2, 0.25) is 0 Å². The maximum absolute atomic E-state index is 12.0. The number of carbonyl (C=O) groups is 1. The lowest BCUT2D eigenvalue weighted by Gasteiger charge is -2.33. The maximum Gasteiger partial charge on any atom is 0.224 e. The van der Waals surface area contributed by atoms with E-state index in [9.17, 15) is 4.79 Å². The Morgan fingerprint density at radius 1 is 1.38 bits per heavy atom. The first-order valence-electron chi connectivity index (χ1n) is 6.03. The molecular formula is C11H21N3OS. The molecule has 0 aromatic heterocycles. The van der Waals surface area contributed by atoms with Crippen molar-refractivity contribution in [2.24, 2.45) is 0 Å². The van der Waals surface area contributed by atoms with Crippen molar-refractivity contribution in [1.29, 1.82) is 0 Å². The van der Waals surface area contributed by atoms with E-state index in [0.717, 1.165) is 38.5 Å².